The molecule has 0 spiro atoms. The summed E-state index contributed by atoms with van der Waals surface area (Å²) < 4.78 is 21.9. The summed E-state index contributed by atoms with van der Waals surface area (Å²) >= 11 is 1.55. The van der Waals surface area contributed by atoms with Gasteiger partial charge in [-0.2, -0.15) is 0 Å². The Hall–Kier alpha value is -5.95. The highest BCUT2D eigenvalue weighted by Gasteiger charge is 2.45. The largest absolute Gasteiger partial charge is 0.488 e. The average Bonchev–Trinajstić information content (AvgIpc) is 4.02. The molecule has 0 bridgehead atoms. The molecule has 0 unspecified atom stereocenters. The number of ether oxygens (including phenoxy) is 1. The van der Waals surface area contributed by atoms with E-state index in [1.807, 2.05) is 56.3 Å². The van der Waals surface area contributed by atoms with Crippen molar-refractivity contribution in [3.63, 3.8) is 0 Å². The fourth-order valence-electron chi connectivity index (χ4n) is 9.41. The van der Waals surface area contributed by atoms with Crippen LogP contribution >= 0.6 is 23.7 Å². The molecule has 4 heterocycles. The van der Waals surface area contributed by atoms with Gasteiger partial charge in [0.25, 0.3) is 0 Å². The number of para-hydroxylation sites is 1. The second-order valence-corrected chi connectivity index (χ2v) is 20.3. The van der Waals surface area contributed by atoms with E-state index in [-0.39, 0.29) is 87.7 Å². The summed E-state index contributed by atoms with van der Waals surface area (Å²) in [6.45, 7) is 8.93. The highest BCUT2D eigenvalue weighted by molar-refractivity contribution is 7.13. The Bertz CT molecular complexity index is 2570. The number of likely N-dealkylation sites (tertiary alicyclic amines) is 1. The number of anilines is 1. The number of aliphatic hydroxyl groups excluding tert-OH is 1. The number of aliphatic hydroxyl groups is 1. The molecule has 0 saturated carbocycles. The van der Waals surface area contributed by atoms with Crippen molar-refractivity contribution in [1.29, 1.82) is 0 Å². The summed E-state index contributed by atoms with van der Waals surface area (Å²) in [6.07, 6.45) is 0.790. The maximum atomic E-state index is 16.0. The van der Waals surface area contributed by atoms with Crippen LogP contribution in [0.25, 0.3) is 10.4 Å². The minimum absolute atomic E-state index is 0. The zero-order valence-corrected chi connectivity index (χ0v) is 41.8. The number of carbonyl (C=O) groups is 6. The Morgan fingerprint density at radius 1 is 0.971 bits per heavy atom. The van der Waals surface area contributed by atoms with Crippen LogP contribution in [0.4, 0.5) is 10.1 Å². The third kappa shape index (κ3) is 12.3. The lowest BCUT2D eigenvalue weighted by molar-refractivity contribution is -0.144. The lowest BCUT2D eigenvalue weighted by Gasteiger charge is -2.35. The van der Waals surface area contributed by atoms with E-state index in [1.165, 1.54) is 15.9 Å². The number of aryl methyl sites for hydroxylation is 3. The number of rotatable bonds is 18. The molecule has 1 fully saturated rings. The molecule has 3 aliphatic rings. The van der Waals surface area contributed by atoms with Gasteiger partial charge >= 0.3 is 0 Å². The second-order valence-electron chi connectivity index (χ2n) is 19.5. The highest BCUT2D eigenvalue weighted by Crippen LogP contribution is 2.39. The molecule has 3 aromatic carbocycles. The first-order valence-electron chi connectivity index (χ1n) is 23.6. The number of primary amides is 1. The molecule has 7 rings (SSSR count). The Balaban J connectivity index is 0.00000804. The number of benzene rings is 3. The van der Waals surface area contributed by atoms with Crippen molar-refractivity contribution in [3.05, 3.63) is 99.9 Å². The first-order valence-corrected chi connectivity index (χ1v) is 24.5. The smallest absolute Gasteiger partial charge is 0.246 e. The Kier molecular flexibility index (Phi) is 17.4. The van der Waals surface area contributed by atoms with E-state index in [0.717, 1.165) is 32.8 Å². The van der Waals surface area contributed by atoms with E-state index in [0.29, 0.717) is 18.5 Å². The molecular weight excluding hydrogens is 939 g/mol. The van der Waals surface area contributed by atoms with Crippen LogP contribution < -0.4 is 37.1 Å². The topological polar surface area (TPSA) is 239 Å². The number of hydrogen-bond donors (Lipinski definition) is 6. The van der Waals surface area contributed by atoms with E-state index in [9.17, 15) is 33.9 Å². The molecule has 6 amide bonds. The number of aromatic nitrogens is 1. The number of thiazole rings is 1. The molecular formula is C51H64ClFN8O8S. The van der Waals surface area contributed by atoms with E-state index >= 15 is 4.39 Å². The summed E-state index contributed by atoms with van der Waals surface area (Å²) in [6, 6.07) is 13.4. The molecule has 3 aliphatic heterocycles. The zero-order chi connectivity index (χ0) is 49.7. The first-order chi connectivity index (χ1) is 32.8. The van der Waals surface area contributed by atoms with Crippen molar-refractivity contribution in [2.45, 2.75) is 135 Å². The van der Waals surface area contributed by atoms with Crippen LogP contribution in [0.3, 0.4) is 0 Å². The van der Waals surface area contributed by atoms with Crippen molar-refractivity contribution in [3.8, 4) is 16.2 Å². The van der Waals surface area contributed by atoms with Gasteiger partial charge in [0.15, 0.2) is 11.6 Å². The van der Waals surface area contributed by atoms with Crippen LogP contribution in [0.5, 0.6) is 5.75 Å². The van der Waals surface area contributed by atoms with E-state index in [4.69, 9.17) is 16.2 Å². The number of amides is 6. The van der Waals surface area contributed by atoms with Crippen LogP contribution in [0.15, 0.2) is 66.2 Å². The number of carbonyl (C=O) groups excluding carboxylic acids is 6. The summed E-state index contributed by atoms with van der Waals surface area (Å²) in [4.78, 5) is 88.7. The molecule has 376 valence electrons. The average molecular weight is 1000 g/mol. The molecule has 1 saturated heterocycles. The maximum Gasteiger partial charge on any atom is 0.246 e. The van der Waals surface area contributed by atoms with Gasteiger partial charge < -0.3 is 42.2 Å². The Labute approximate surface area is 417 Å². The van der Waals surface area contributed by atoms with Gasteiger partial charge in [-0.1, -0.05) is 75.4 Å². The molecule has 0 radical (unpaired) electrons. The van der Waals surface area contributed by atoms with Gasteiger partial charge in [-0.05, 0) is 85.3 Å². The number of halogens is 2. The van der Waals surface area contributed by atoms with Gasteiger partial charge in [-0.15, -0.1) is 23.7 Å². The van der Waals surface area contributed by atoms with Crippen molar-refractivity contribution >= 4 is 64.9 Å². The fourth-order valence-corrected chi connectivity index (χ4v) is 10.2. The SMILES string of the molecule is Cc1ncsc1-c1ccc([C@H](C)NC(=O)[C@@H]2C[C@@H](O)CN2C(=O)[C@@H](NC(=O)CCCc2cccc(OC[C@H](CCC(N)=O)NC(=O)[C@@H]3Cc4cccc5c4N3C(=O)[C@@H](N)CC5)c2F)C(C)(C)C)cc1.Cl. The number of hydrogen-bond acceptors (Lipinski definition) is 11. The van der Waals surface area contributed by atoms with Crippen molar-refractivity contribution in [2.75, 3.05) is 18.1 Å². The van der Waals surface area contributed by atoms with Crippen molar-refractivity contribution in [2.24, 2.45) is 16.9 Å². The summed E-state index contributed by atoms with van der Waals surface area (Å²) in [5, 5.41) is 19.5. The molecule has 4 aromatic rings. The van der Waals surface area contributed by atoms with Gasteiger partial charge in [-0.3, -0.25) is 33.7 Å². The van der Waals surface area contributed by atoms with Gasteiger partial charge in [0.05, 0.1) is 46.0 Å². The molecule has 70 heavy (non-hydrogen) atoms. The molecule has 7 atom stereocenters. The van der Waals surface area contributed by atoms with Gasteiger partial charge in [0.2, 0.25) is 35.4 Å². The summed E-state index contributed by atoms with van der Waals surface area (Å²) in [5.74, 6) is -3.50. The molecule has 0 aliphatic carbocycles. The lowest BCUT2D eigenvalue weighted by Crippen LogP contribution is -2.57. The predicted octanol–water partition coefficient (Wildman–Crippen LogP) is 4.73. The normalized spacial score (nSPS) is 19.8. The Morgan fingerprint density at radius 3 is 2.36 bits per heavy atom. The van der Waals surface area contributed by atoms with Crippen LogP contribution in [0.2, 0.25) is 0 Å². The monoisotopic (exact) mass is 1000 g/mol. The molecule has 19 heteroatoms. The zero-order valence-electron chi connectivity index (χ0n) is 40.2. The van der Waals surface area contributed by atoms with Gasteiger partial charge in [0, 0.05) is 32.2 Å². The number of β-amino-alcohol motifs (C(OH)–C–C–N with tert-alkyl or cyclic N) is 1. The minimum atomic E-state index is -1.04. The van der Waals surface area contributed by atoms with E-state index in [1.54, 1.807) is 49.8 Å². The Morgan fingerprint density at radius 2 is 1.67 bits per heavy atom. The lowest BCUT2D eigenvalue weighted by atomic mass is 9.85. The van der Waals surface area contributed by atoms with Crippen LogP contribution in [0.1, 0.15) is 100 Å². The van der Waals surface area contributed by atoms with E-state index in [2.05, 4.69) is 20.9 Å². The van der Waals surface area contributed by atoms with Crippen LogP contribution in [0, 0.1) is 18.2 Å². The highest BCUT2D eigenvalue weighted by atomic mass is 35.5. The molecule has 1 aromatic heterocycles. The maximum absolute atomic E-state index is 16.0. The quantitative estimate of drug-likeness (QED) is 0.0801. The predicted molar refractivity (Wildman–Crippen MR) is 267 cm³/mol. The number of nitrogens with two attached hydrogens (primary N) is 2. The standard InChI is InChI=1S/C51H63FN8O8S.ClH/c1-28(30-15-17-33(18-16-30)45-29(2)55-27-69-45)56-47(64)38-24-36(61)25-59(38)50(67)46(51(3,4)5)58-42(63)14-8-10-31-9-7-13-40(43(31)52)68-26-35(20-22-41(54)62)57-48(65)39-23-34-12-6-11-32-19-21-37(53)49(66)60(39)44(32)34;/h6-7,9,11-13,15-18,27-28,35-39,46,61H,8,10,14,19-26,53H2,1-5H3,(H2,54,62)(H,56,64)(H,57,65)(H,58,63);1H/t28-,35-,36+,37-,38-,39-,46+;/m0./s1. The van der Waals surface area contributed by atoms with Crippen molar-refractivity contribution < 1.29 is 43.0 Å². The van der Waals surface area contributed by atoms with Gasteiger partial charge in [-0.25, -0.2) is 9.37 Å². The first kappa shape index (κ1) is 53.4. The van der Waals surface area contributed by atoms with Crippen molar-refractivity contribution in [1.82, 2.24) is 25.8 Å². The van der Waals surface area contributed by atoms with Gasteiger partial charge in [0.1, 0.15) is 24.7 Å². The third-order valence-electron chi connectivity index (χ3n) is 13.2. The molecule has 16 nitrogen and oxygen atoms in total. The van der Waals surface area contributed by atoms with Crippen LogP contribution in [-0.2, 0) is 48.0 Å². The number of nitrogens with one attached hydrogen (secondary N) is 3. The molecule has 8 N–H and O–H groups in total. The summed E-state index contributed by atoms with van der Waals surface area (Å²) in [5.41, 5.74) is 18.3. The third-order valence-corrected chi connectivity index (χ3v) is 14.2. The summed E-state index contributed by atoms with van der Waals surface area (Å²) in [7, 11) is 0. The number of nitrogens with zero attached hydrogens (tertiary/aromatic N) is 3. The second kappa shape index (κ2) is 22.9. The van der Waals surface area contributed by atoms with Crippen LogP contribution in [-0.4, -0.2) is 99.9 Å². The van der Waals surface area contributed by atoms with E-state index < -0.39 is 83.1 Å². The fraction of sp³-hybridized carbons (Fsp3) is 0.471. The minimum Gasteiger partial charge on any atom is -0.488 e.